The summed E-state index contributed by atoms with van der Waals surface area (Å²) < 4.78 is 65.9. The Balaban J connectivity index is 2.59. The molecule has 2 aromatic rings. The highest BCUT2D eigenvalue weighted by Gasteiger charge is 2.34. The number of hydrogen-bond acceptors (Lipinski definition) is 5. The Hall–Kier alpha value is -3.15. The van der Waals surface area contributed by atoms with Crippen molar-refractivity contribution in [2.24, 2.45) is 0 Å². The summed E-state index contributed by atoms with van der Waals surface area (Å²) in [5.74, 6) is -1.22. The van der Waals surface area contributed by atoms with Crippen LogP contribution in [-0.2, 0) is 21.0 Å². The second-order valence-corrected chi connectivity index (χ2v) is 7.68. The number of aliphatic carboxylic acids is 1. The molecule has 2 aromatic carbocycles. The van der Waals surface area contributed by atoms with Crippen molar-refractivity contribution in [3.63, 3.8) is 0 Å². The summed E-state index contributed by atoms with van der Waals surface area (Å²) >= 11 is 0. The summed E-state index contributed by atoms with van der Waals surface area (Å²) in [6.07, 6.45) is -5.40. The van der Waals surface area contributed by atoms with Crippen molar-refractivity contribution >= 4 is 27.4 Å². The van der Waals surface area contributed by atoms with Gasteiger partial charge in [0, 0.05) is 19.0 Å². The molecule has 156 valence electrons. The first-order valence-electron chi connectivity index (χ1n) is 8.10. The van der Waals surface area contributed by atoms with Crippen LogP contribution in [0.5, 0.6) is 0 Å². The van der Waals surface area contributed by atoms with Crippen molar-refractivity contribution in [1.29, 1.82) is 0 Å². The molecule has 1 N–H and O–H groups in total. The van der Waals surface area contributed by atoms with E-state index in [-0.39, 0.29) is 12.1 Å². The molecule has 0 heterocycles. The largest absolute Gasteiger partial charge is 0.481 e. The second kappa shape index (κ2) is 8.47. The minimum absolute atomic E-state index is 0.217. The molecule has 12 heteroatoms. The van der Waals surface area contributed by atoms with Crippen molar-refractivity contribution in [3.8, 4) is 0 Å². The summed E-state index contributed by atoms with van der Waals surface area (Å²) in [6.45, 7) is -0.484. The van der Waals surface area contributed by atoms with Crippen LogP contribution in [0, 0.1) is 10.1 Å². The first-order valence-corrected chi connectivity index (χ1v) is 9.54. The van der Waals surface area contributed by atoms with Gasteiger partial charge in [-0.1, -0.05) is 18.2 Å². The number of carboxylic acids is 1. The quantitative estimate of drug-likeness (QED) is 0.502. The Labute approximate surface area is 163 Å². The van der Waals surface area contributed by atoms with Gasteiger partial charge in [-0.2, -0.15) is 13.2 Å². The molecule has 0 saturated heterocycles. The van der Waals surface area contributed by atoms with E-state index in [9.17, 15) is 36.5 Å². The summed E-state index contributed by atoms with van der Waals surface area (Å²) in [6, 6.07) is 7.83. The molecule has 8 nitrogen and oxygen atoms in total. The average Bonchev–Trinajstić information content (AvgIpc) is 2.64. The molecule has 0 saturated carbocycles. The van der Waals surface area contributed by atoms with Crippen LogP contribution in [0.2, 0.25) is 0 Å². The highest BCUT2D eigenvalue weighted by Crippen LogP contribution is 2.34. The summed E-state index contributed by atoms with van der Waals surface area (Å²) in [7, 11) is -4.66. The number of para-hydroxylation sites is 1. The number of nitrogens with zero attached hydrogens (tertiary/aromatic N) is 2. The van der Waals surface area contributed by atoms with Gasteiger partial charge < -0.3 is 5.11 Å². The van der Waals surface area contributed by atoms with Crippen LogP contribution in [0.4, 0.5) is 24.5 Å². The third-order valence-corrected chi connectivity index (χ3v) is 5.72. The van der Waals surface area contributed by atoms with E-state index in [1.54, 1.807) is 0 Å². The van der Waals surface area contributed by atoms with E-state index in [1.165, 1.54) is 12.1 Å². The van der Waals surface area contributed by atoms with Crippen molar-refractivity contribution in [3.05, 3.63) is 64.2 Å². The molecule has 0 bridgehead atoms. The number of benzene rings is 2. The summed E-state index contributed by atoms with van der Waals surface area (Å²) in [5.41, 5.74) is -2.25. The maximum absolute atomic E-state index is 13.1. The van der Waals surface area contributed by atoms with Gasteiger partial charge in [-0.05, 0) is 30.7 Å². The van der Waals surface area contributed by atoms with Crippen molar-refractivity contribution < 1.29 is 36.4 Å². The lowest BCUT2D eigenvalue weighted by molar-refractivity contribution is -0.387. The molecular formula is C17H15F3N2O6S. The molecule has 0 fully saturated rings. The van der Waals surface area contributed by atoms with E-state index in [4.69, 9.17) is 5.11 Å². The molecule has 0 amide bonds. The third kappa shape index (κ3) is 5.22. The Morgan fingerprint density at radius 2 is 1.79 bits per heavy atom. The number of sulfonamides is 1. The molecule has 0 aliphatic carbocycles. The van der Waals surface area contributed by atoms with E-state index >= 15 is 0 Å². The fourth-order valence-corrected chi connectivity index (χ4v) is 4.20. The van der Waals surface area contributed by atoms with Crippen LogP contribution in [-0.4, -0.2) is 31.0 Å². The van der Waals surface area contributed by atoms with Gasteiger partial charge in [0.2, 0.25) is 0 Å². The van der Waals surface area contributed by atoms with E-state index in [2.05, 4.69) is 0 Å². The number of nitro benzene ring substituents is 1. The molecule has 0 radical (unpaired) electrons. The Morgan fingerprint density at radius 3 is 2.38 bits per heavy atom. The molecule has 0 aromatic heterocycles. The van der Waals surface area contributed by atoms with Crippen molar-refractivity contribution in [2.75, 3.05) is 10.8 Å². The first-order chi connectivity index (χ1) is 13.4. The average molecular weight is 432 g/mol. The third-order valence-electron chi connectivity index (χ3n) is 3.84. The molecule has 29 heavy (non-hydrogen) atoms. The highest BCUT2D eigenvalue weighted by molar-refractivity contribution is 7.93. The van der Waals surface area contributed by atoms with Gasteiger partial charge in [-0.25, -0.2) is 8.42 Å². The minimum atomic E-state index is -4.74. The molecule has 0 aliphatic rings. The molecular weight excluding hydrogens is 417 g/mol. The molecule has 0 aliphatic heterocycles. The van der Waals surface area contributed by atoms with Gasteiger partial charge in [-0.3, -0.25) is 19.2 Å². The molecule has 2 rings (SSSR count). The lowest BCUT2D eigenvalue weighted by Crippen LogP contribution is -2.33. The van der Waals surface area contributed by atoms with Crippen molar-refractivity contribution in [2.45, 2.75) is 23.9 Å². The monoisotopic (exact) mass is 432 g/mol. The number of anilines is 1. The standard InChI is InChI=1S/C17H15F3N2O6S/c18-17(19,20)12-5-3-6-13(11-12)21(10-4-9-16(23)24)29(27,28)15-8-2-1-7-14(15)22(25)26/h1-3,5-8,11H,4,9-10H2,(H,23,24). The van der Waals surface area contributed by atoms with Gasteiger partial charge in [0.1, 0.15) is 0 Å². The number of halogens is 3. The number of carbonyl (C=O) groups is 1. The first kappa shape index (κ1) is 22.1. The maximum atomic E-state index is 13.1. The lowest BCUT2D eigenvalue weighted by atomic mass is 10.2. The molecule has 0 spiro atoms. The predicted octanol–water partition coefficient (Wildman–Crippen LogP) is 3.67. The SMILES string of the molecule is O=C(O)CCCN(c1cccc(C(F)(F)F)c1)S(=O)(=O)c1ccccc1[N+](=O)[O-]. The molecule has 0 unspecified atom stereocenters. The van der Waals surface area contributed by atoms with E-state index in [0.29, 0.717) is 10.4 Å². The highest BCUT2D eigenvalue weighted by atomic mass is 32.2. The Kier molecular flexibility index (Phi) is 6.47. The normalized spacial score (nSPS) is 11.8. The number of hydrogen-bond donors (Lipinski definition) is 1. The van der Waals surface area contributed by atoms with E-state index in [0.717, 1.165) is 30.3 Å². The fourth-order valence-electron chi connectivity index (χ4n) is 2.54. The van der Waals surface area contributed by atoms with Gasteiger partial charge in [-0.15, -0.1) is 0 Å². The zero-order valence-corrected chi connectivity index (χ0v) is 15.5. The van der Waals surface area contributed by atoms with Crippen LogP contribution in [0.25, 0.3) is 0 Å². The Bertz CT molecular complexity index is 1020. The minimum Gasteiger partial charge on any atom is -0.481 e. The lowest BCUT2D eigenvalue weighted by Gasteiger charge is -2.25. The van der Waals surface area contributed by atoms with Crippen LogP contribution in [0.15, 0.2) is 53.4 Å². The fraction of sp³-hybridized carbons (Fsp3) is 0.235. The van der Waals surface area contributed by atoms with Crippen LogP contribution < -0.4 is 4.31 Å². The van der Waals surface area contributed by atoms with Gasteiger partial charge in [0.15, 0.2) is 4.90 Å². The summed E-state index contributed by atoms with van der Waals surface area (Å²) in [5, 5.41) is 20.0. The molecule has 0 atom stereocenters. The predicted molar refractivity (Wildman–Crippen MR) is 95.9 cm³/mol. The van der Waals surface area contributed by atoms with Crippen molar-refractivity contribution in [1.82, 2.24) is 0 Å². The Morgan fingerprint density at radius 1 is 1.14 bits per heavy atom. The zero-order valence-electron chi connectivity index (χ0n) is 14.7. The van der Waals surface area contributed by atoms with E-state index < -0.39 is 56.2 Å². The number of alkyl halides is 3. The van der Waals surface area contributed by atoms with Gasteiger partial charge >= 0.3 is 12.1 Å². The van der Waals surface area contributed by atoms with Gasteiger partial charge in [0.05, 0.1) is 16.2 Å². The topological polar surface area (TPSA) is 118 Å². The summed E-state index contributed by atoms with van der Waals surface area (Å²) in [4.78, 5) is 20.3. The van der Waals surface area contributed by atoms with Crippen LogP contribution >= 0.6 is 0 Å². The van der Waals surface area contributed by atoms with Crippen LogP contribution in [0.3, 0.4) is 0 Å². The smallest absolute Gasteiger partial charge is 0.416 e. The maximum Gasteiger partial charge on any atom is 0.416 e. The second-order valence-electron chi connectivity index (χ2n) is 5.85. The van der Waals surface area contributed by atoms with Crippen LogP contribution in [0.1, 0.15) is 18.4 Å². The van der Waals surface area contributed by atoms with Gasteiger partial charge in [0.25, 0.3) is 15.7 Å². The number of carboxylic acid groups (broad SMARTS) is 1. The zero-order chi connectivity index (χ0) is 21.8. The van der Waals surface area contributed by atoms with E-state index in [1.807, 2.05) is 0 Å². The number of nitro groups is 1. The number of rotatable bonds is 8.